The maximum Gasteiger partial charge on any atom is 0.254 e. The molecule has 7 heteroatoms. The highest BCUT2D eigenvalue weighted by Crippen LogP contribution is 2.34. The Morgan fingerprint density at radius 2 is 1.84 bits per heavy atom. The molecule has 0 fully saturated rings. The number of carbonyl (C=O) groups excluding carboxylic acids is 2. The van der Waals surface area contributed by atoms with Crippen LogP contribution in [-0.4, -0.2) is 61.6 Å². The molecule has 0 bridgehead atoms. The Morgan fingerprint density at radius 3 is 2.54 bits per heavy atom. The Hall–Kier alpha value is -3.16. The van der Waals surface area contributed by atoms with E-state index in [9.17, 15) is 9.59 Å². The Kier molecular flexibility index (Phi) is 9.36. The van der Waals surface area contributed by atoms with Gasteiger partial charge in [-0.1, -0.05) is 44.2 Å². The highest BCUT2D eigenvalue weighted by atomic mass is 32.1. The van der Waals surface area contributed by atoms with E-state index in [1.54, 1.807) is 35.5 Å². The van der Waals surface area contributed by atoms with Crippen molar-refractivity contribution in [2.75, 3.05) is 40.0 Å². The van der Waals surface area contributed by atoms with Crippen LogP contribution < -0.4 is 4.74 Å². The monoisotopic (exact) mass is 520 g/mol. The van der Waals surface area contributed by atoms with Crippen molar-refractivity contribution in [1.82, 2.24) is 9.80 Å². The van der Waals surface area contributed by atoms with Crippen molar-refractivity contribution in [2.24, 2.45) is 0 Å². The molecule has 2 heterocycles. The quantitative estimate of drug-likeness (QED) is 0.311. The molecule has 1 unspecified atom stereocenters. The summed E-state index contributed by atoms with van der Waals surface area (Å²) >= 11 is 1.73. The zero-order valence-electron chi connectivity index (χ0n) is 21.9. The van der Waals surface area contributed by atoms with Gasteiger partial charge in [0, 0.05) is 37.2 Å². The van der Waals surface area contributed by atoms with Crippen LogP contribution in [0.4, 0.5) is 0 Å². The third kappa shape index (κ3) is 6.79. The van der Waals surface area contributed by atoms with E-state index >= 15 is 0 Å². The second-order valence-corrected chi connectivity index (χ2v) is 10.6. The van der Waals surface area contributed by atoms with Crippen molar-refractivity contribution in [3.8, 4) is 5.75 Å². The first-order chi connectivity index (χ1) is 18.0. The molecule has 4 rings (SSSR count). The van der Waals surface area contributed by atoms with Crippen LogP contribution >= 0.6 is 11.3 Å². The standard InChI is InChI=1S/C30H36N2O4S/c1-22(2)23-10-12-25(13-11-23)36-21-27-26-15-19-37-28(26)14-17-32(27)29(33)20-31(16-7-18-35-3)30(34)24-8-5-4-6-9-24/h4-6,8-13,15,19,22,27H,7,14,16-18,20-21H2,1-3H3. The molecule has 6 nitrogen and oxygen atoms in total. The van der Waals surface area contributed by atoms with Crippen LogP contribution in [0.25, 0.3) is 0 Å². The number of hydrogen-bond acceptors (Lipinski definition) is 5. The fraction of sp³-hybridized carbons (Fsp3) is 0.400. The summed E-state index contributed by atoms with van der Waals surface area (Å²) in [7, 11) is 1.64. The van der Waals surface area contributed by atoms with Crippen LogP contribution in [0, 0.1) is 0 Å². The maximum atomic E-state index is 13.7. The number of rotatable bonds is 11. The Bertz CT molecular complexity index is 1160. The van der Waals surface area contributed by atoms with E-state index in [1.165, 1.54) is 10.4 Å². The summed E-state index contributed by atoms with van der Waals surface area (Å²) in [6, 6.07) is 19.2. The molecule has 1 aliphatic heterocycles. The number of ether oxygens (including phenoxy) is 2. The lowest BCUT2D eigenvalue weighted by Gasteiger charge is -2.37. The number of hydrogen-bond donors (Lipinski definition) is 0. The molecule has 0 N–H and O–H groups in total. The van der Waals surface area contributed by atoms with Crippen molar-refractivity contribution in [3.63, 3.8) is 0 Å². The van der Waals surface area contributed by atoms with Crippen LogP contribution in [0.2, 0.25) is 0 Å². The third-order valence-electron chi connectivity index (χ3n) is 6.78. The predicted octanol–water partition coefficient (Wildman–Crippen LogP) is 5.56. The van der Waals surface area contributed by atoms with Gasteiger partial charge >= 0.3 is 0 Å². The van der Waals surface area contributed by atoms with E-state index in [2.05, 4.69) is 37.4 Å². The summed E-state index contributed by atoms with van der Waals surface area (Å²) in [6.07, 6.45) is 1.48. The van der Waals surface area contributed by atoms with Crippen molar-refractivity contribution >= 4 is 23.2 Å². The molecule has 1 aromatic heterocycles. The van der Waals surface area contributed by atoms with Gasteiger partial charge in [0.05, 0.1) is 6.04 Å². The predicted molar refractivity (Wildman–Crippen MR) is 147 cm³/mol. The van der Waals surface area contributed by atoms with Crippen LogP contribution in [0.5, 0.6) is 5.75 Å². The van der Waals surface area contributed by atoms with E-state index in [0.29, 0.717) is 44.2 Å². The zero-order chi connectivity index (χ0) is 26.2. The maximum absolute atomic E-state index is 13.7. The summed E-state index contributed by atoms with van der Waals surface area (Å²) in [4.78, 5) is 31.8. The van der Waals surface area contributed by atoms with Gasteiger partial charge in [-0.15, -0.1) is 11.3 Å². The molecule has 1 aliphatic rings. The van der Waals surface area contributed by atoms with Gasteiger partial charge in [-0.05, 0) is 65.6 Å². The van der Waals surface area contributed by atoms with Gasteiger partial charge in [0.1, 0.15) is 18.9 Å². The molecule has 2 amide bonds. The molecule has 0 radical (unpaired) electrons. The van der Waals surface area contributed by atoms with Crippen LogP contribution in [-0.2, 0) is 16.0 Å². The molecule has 2 aromatic carbocycles. The molecular weight excluding hydrogens is 484 g/mol. The number of thiophene rings is 1. The second-order valence-electron chi connectivity index (χ2n) is 9.63. The van der Waals surface area contributed by atoms with Crippen molar-refractivity contribution in [1.29, 1.82) is 0 Å². The van der Waals surface area contributed by atoms with Crippen molar-refractivity contribution < 1.29 is 19.1 Å². The van der Waals surface area contributed by atoms with Crippen molar-refractivity contribution in [2.45, 2.75) is 38.6 Å². The van der Waals surface area contributed by atoms with E-state index in [0.717, 1.165) is 17.7 Å². The van der Waals surface area contributed by atoms with Gasteiger partial charge < -0.3 is 19.3 Å². The first kappa shape index (κ1) is 26.9. The van der Waals surface area contributed by atoms with Gasteiger partial charge in [-0.3, -0.25) is 9.59 Å². The lowest BCUT2D eigenvalue weighted by molar-refractivity contribution is -0.135. The Morgan fingerprint density at radius 1 is 1.08 bits per heavy atom. The minimum atomic E-state index is -0.195. The third-order valence-corrected chi connectivity index (χ3v) is 7.78. The van der Waals surface area contributed by atoms with Gasteiger partial charge in [-0.2, -0.15) is 0 Å². The fourth-order valence-electron chi connectivity index (χ4n) is 4.67. The molecule has 0 spiro atoms. The molecule has 0 saturated carbocycles. The molecule has 0 aliphatic carbocycles. The van der Waals surface area contributed by atoms with Gasteiger partial charge in [0.2, 0.25) is 5.91 Å². The van der Waals surface area contributed by atoms with E-state index in [4.69, 9.17) is 9.47 Å². The zero-order valence-corrected chi connectivity index (χ0v) is 22.7. The first-order valence-corrected chi connectivity index (χ1v) is 13.8. The Labute approximate surface area is 223 Å². The summed E-state index contributed by atoms with van der Waals surface area (Å²) in [6.45, 7) is 6.32. The van der Waals surface area contributed by atoms with Crippen LogP contribution in [0.1, 0.15) is 58.6 Å². The smallest absolute Gasteiger partial charge is 0.254 e. The SMILES string of the molecule is COCCCN(CC(=O)N1CCc2sccc2C1COc1ccc(C(C)C)cc1)C(=O)c1ccccc1. The van der Waals surface area contributed by atoms with Crippen LogP contribution in [0.3, 0.4) is 0 Å². The summed E-state index contributed by atoms with van der Waals surface area (Å²) in [5.41, 5.74) is 2.98. The van der Waals surface area contributed by atoms with E-state index in [1.807, 2.05) is 35.2 Å². The molecule has 196 valence electrons. The number of amides is 2. The van der Waals surface area contributed by atoms with Gasteiger partial charge in [0.15, 0.2) is 0 Å². The van der Waals surface area contributed by atoms with E-state index in [-0.39, 0.29) is 24.4 Å². The number of methoxy groups -OCH3 is 1. The molecule has 3 aromatic rings. The van der Waals surface area contributed by atoms with Gasteiger partial charge in [-0.25, -0.2) is 0 Å². The topological polar surface area (TPSA) is 59.1 Å². The number of benzene rings is 2. The van der Waals surface area contributed by atoms with Crippen LogP contribution in [0.15, 0.2) is 66.0 Å². The average molecular weight is 521 g/mol. The first-order valence-electron chi connectivity index (χ1n) is 12.9. The van der Waals surface area contributed by atoms with Crippen molar-refractivity contribution in [3.05, 3.63) is 87.6 Å². The minimum absolute atomic E-state index is 0.0243. The lowest BCUT2D eigenvalue weighted by Crippen LogP contribution is -2.48. The summed E-state index contributed by atoms with van der Waals surface area (Å²) in [5.74, 6) is 1.04. The highest BCUT2D eigenvalue weighted by Gasteiger charge is 2.33. The number of carbonyl (C=O) groups is 2. The molecule has 0 saturated heterocycles. The van der Waals surface area contributed by atoms with E-state index < -0.39 is 0 Å². The minimum Gasteiger partial charge on any atom is -0.491 e. The number of fused-ring (bicyclic) bond motifs is 1. The Balaban J connectivity index is 1.50. The number of nitrogens with zero attached hydrogens (tertiary/aromatic N) is 2. The molecular formula is C30H36N2O4S. The largest absolute Gasteiger partial charge is 0.491 e. The second kappa shape index (κ2) is 12.9. The average Bonchev–Trinajstić information content (AvgIpc) is 3.41. The summed E-state index contributed by atoms with van der Waals surface area (Å²) < 4.78 is 11.4. The normalized spacial score (nSPS) is 14.9. The molecule has 37 heavy (non-hydrogen) atoms. The molecule has 1 atom stereocenters. The fourth-order valence-corrected chi connectivity index (χ4v) is 5.60. The highest BCUT2D eigenvalue weighted by molar-refractivity contribution is 7.10. The van der Waals surface area contributed by atoms with Gasteiger partial charge in [0.25, 0.3) is 5.91 Å². The summed E-state index contributed by atoms with van der Waals surface area (Å²) in [5, 5.41) is 2.08. The lowest BCUT2D eigenvalue weighted by atomic mass is 10.00.